The Bertz CT molecular complexity index is 663. The van der Waals surface area contributed by atoms with Crippen molar-refractivity contribution in [2.45, 2.75) is 24.8 Å². The van der Waals surface area contributed by atoms with Crippen LogP contribution in [0.4, 0.5) is 0 Å². The molecule has 0 bridgehead atoms. The highest BCUT2D eigenvalue weighted by molar-refractivity contribution is 7.89. The smallest absolute Gasteiger partial charge is 0.246 e. The van der Waals surface area contributed by atoms with Crippen molar-refractivity contribution in [1.82, 2.24) is 9.88 Å². The summed E-state index contributed by atoms with van der Waals surface area (Å²) < 4.78 is 32.3. The van der Waals surface area contributed by atoms with Gasteiger partial charge in [0.1, 0.15) is 10.6 Å². The number of nitrogens with zero attached hydrogens (tertiary/aromatic N) is 1. The molecule has 0 fully saturated rings. The minimum Gasteiger partial charge on any atom is -0.360 e. The number of aromatic nitrogens is 1. The van der Waals surface area contributed by atoms with E-state index in [-0.39, 0.29) is 16.5 Å². The Hall–Kier alpha value is -1.37. The van der Waals surface area contributed by atoms with Crippen molar-refractivity contribution in [2.75, 3.05) is 5.88 Å². The third kappa shape index (κ3) is 3.03. The van der Waals surface area contributed by atoms with Gasteiger partial charge in [0.05, 0.1) is 6.04 Å². The van der Waals surface area contributed by atoms with Gasteiger partial charge in [-0.15, -0.1) is 11.6 Å². The number of rotatable bonds is 5. The zero-order valence-corrected chi connectivity index (χ0v) is 12.7. The predicted octanol–water partition coefficient (Wildman–Crippen LogP) is 2.55. The number of sulfonamides is 1. The molecular formula is C13H15ClN2O3S. The molecule has 0 aliphatic rings. The van der Waals surface area contributed by atoms with Crippen LogP contribution in [0.15, 0.2) is 39.8 Å². The number of alkyl halides is 1. The van der Waals surface area contributed by atoms with Gasteiger partial charge in [-0.25, -0.2) is 13.1 Å². The van der Waals surface area contributed by atoms with Crippen molar-refractivity contribution in [3.8, 4) is 0 Å². The standard InChI is InChI=1S/C13H15ClN2O3S/c1-9-13(10(2)19-15-9)20(17,18)16-12(8-14)11-6-4-3-5-7-11/h3-7,12,16H,8H2,1-2H3. The second kappa shape index (κ2) is 5.95. The average molecular weight is 315 g/mol. The Kier molecular flexibility index (Phi) is 4.47. The molecule has 0 radical (unpaired) electrons. The number of aryl methyl sites for hydroxylation is 2. The van der Waals surface area contributed by atoms with Gasteiger partial charge in [0, 0.05) is 5.88 Å². The molecular weight excluding hydrogens is 300 g/mol. The van der Waals surface area contributed by atoms with Gasteiger partial charge in [-0.3, -0.25) is 0 Å². The molecule has 0 spiro atoms. The molecule has 1 atom stereocenters. The van der Waals surface area contributed by atoms with Gasteiger partial charge in [-0.1, -0.05) is 35.5 Å². The van der Waals surface area contributed by atoms with Crippen LogP contribution in [0.3, 0.4) is 0 Å². The lowest BCUT2D eigenvalue weighted by atomic mass is 10.1. The van der Waals surface area contributed by atoms with Crippen molar-refractivity contribution < 1.29 is 12.9 Å². The quantitative estimate of drug-likeness (QED) is 0.861. The highest BCUT2D eigenvalue weighted by atomic mass is 35.5. The summed E-state index contributed by atoms with van der Waals surface area (Å²) in [7, 11) is -3.73. The monoisotopic (exact) mass is 314 g/mol. The van der Waals surface area contributed by atoms with Gasteiger partial charge in [-0.05, 0) is 19.4 Å². The van der Waals surface area contributed by atoms with Crippen LogP contribution in [-0.4, -0.2) is 19.5 Å². The van der Waals surface area contributed by atoms with E-state index in [1.54, 1.807) is 13.8 Å². The van der Waals surface area contributed by atoms with Gasteiger partial charge in [0.15, 0.2) is 5.76 Å². The summed E-state index contributed by atoms with van der Waals surface area (Å²) >= 11 is 5.88. The van der Waals surface area contributed by atoms with E-state index in [4.69, 9.17) is 16.1 Å². The minimum absolute atomic E-state index is 0.0727. The van der Waals surface area contributed by atoms with Gasteiger partial charge >= 0.3 is 0 Å². The number of hydrogen-bond donors (Lipinski definition) is 1. The summed E-state index contributed by atoms with van der Waals surface area (Å²) in [5.41, 5.74) is 1.13. The van der Waals surface area contributed by atoms with Crippen molar-refractivity contribution in [3.05, 3.63) is 47.3 Å². The zero-order valence-electron chi connectivity index (χ0n) is 11.1. The third-order valence-corrected chi connectivity index (χ3v) is 4.91. The number of halogens is 1. The molecule has 1 heterocycles. The Morgan fingerprint density at radius 3 is 2.45 bits per heavy atom. The van der Waals surface area contributed by atoms with E-state index in [9.17, 15) is 8.42 Å². The molecule has 1 unspecified atom stereocenters. The fourth-order valence-corrected chi connectivity index (χ4v) is 3.88. The van der Waals surface area contributed by atoms with Gasteiger partial charge in [0.25, 0.3) is 0 Å². The molecule has 0 amide bonds. The molecule has 2 aromatic rings. The van der Waals surface area contributed by atoms with E-state index in [0.717, 1.165) is 5.56 Å². The molecule has 1 aromatic carbocycles. The molecule has 20 heavy (non-hydrogen) atoms. The molecule has 1 N–H and O–H groups in total. The van der Waals surface area contributed by atoms with Crippen LogP contribution in [-0.2, 0) is 10.0 Å². The van der Waals surface area contributed by atoms with E-state index in [1.807, 2.05) is 30.3 Å². The fourth-order valence-electron chi connectivity index (χ4n) is 1.98. The number of hydrogen-bond acceptors (Lipinski definition) is 4. The van der Waals surface area contributed by atoms with Gasteiger partial charge in [-0.2, -0.15) is 0 Å². The zero-order chi connectivity index (χ0) is 14.8. The van der Waals surface area contributed by atoms with E-state index >= 15 is 0 Å². The molecule has 2 rings (SSSR count). The second-order valence-electron chi connectivity index (χ2n) is 4.39. The Morgan fingerprint density at radius 1 is 1.30 bits per heavy atom. The summed E-state index contributed by atoms with van der Waals surface area (Å²) in [4.78, 5) is 0.0727. The first-order valence-corrected chi connectivity index (χ1v) is 8.03. The maximum absolute atomic E-state index is 12.4. The Morgan fingerprint density at radius 2 is 1.95 bits per heavy atom. The largest absolute Gasteiger partial charge is 0.360 e. The van der Waals surface area contributed by atoms with Crippen LogP contribution in [0.1, 0.15) is 23.1 Å². The van der Waals surface area contributed by atoms with Crippen LogP contribution in [0, 0.1) is 13.8 Å². The lowest BCUT2D eigenvalue weighted by molar-refractivity contribution is 0.390. The first-order valence-electron chi connectivity index (χ1n) is 6.02. The number of nitrogens with one attached hydrogen (secondary N) is 1. The summed E-state index contributed by atoms with van der Waals surface area (Å²) in [5.74, 6) is 0.392. The third-order valence-electron chi connectivity index (χ3n) is 2.89. The van der Waals surface area contributed by atoms with Crippen LogP contribution in [0.5, 0.6) is 0 Å². The molecule has 0 saturated heterocycles. The highest BCUT2D eigenvalue weighted by Crippen LogP contribution is 2.22. The first-order chi connectivity index (χ1) is 9.45. The van der Waals surface area contributed by atoms with E-state index in [1.165, 1.54) is 0 Å². The summed E-state index contributed by atoms with van der Waals surface area (Å²) in [6.45, 7) is 3.15. The maximum Gasteiger partial charge on any atom is 0.246 e. The van der Waals surface area contributed by atoms with Crippen LogP contribution in [0.25, 0.3) is 0 Å². The molecule has 1 aromatic heterocycles. The maximum atomic E-state index is 12.4. The molecule has 5 nitrogen and oxygen atoms in total. The normalized spacial score (nSPS) is 13.3. The Labute approximate surface area is 123 Å². The SMILES string of the molecule is Cc1noc(C)c1S(=O)(=O)NC(CCl)c1ccccc1. The average Bonchev–Trinajstić information content (AvgIpc) is 2.77. The minimum atomic E-state index is -3.73. The highest BCUT2D eigenvalue weighted by Gasteiger charge is 2.27. The predicted molar refractivity (Wildman–Crippen MR) is 76.2 cm³/mol. The number of benzene rings is 1. The molecule has 0 aliphatic carbocycles. The topological polar surface area (TPSA) is 72.2 Å². The summed E-state index contributed by atoms with van der Waals surface area (Å²) in [6, 6.07) is 8.67. The molecule has 0 aliphatic heterocycles. The van der Waals surface area contributed by atoms with Crippen molar-refractivity contribution in [1.29, 1.82) is 0 Å². The molecule has 108 valence electrons. The summed E-state index contributed by atoms with van der Waals surface area (Å²) in [5, 5.41) is 3.66. The Balaban J connectivity index is 2.32. The van der Waals surface area contributed by atoms with Gasteiger partial charge in [0.2, 0.25) is 10.0 Å². The van der Waals surface area contributed by atoms with Gasteiger partial charge < -0.3 is 4.52 Å². The first kappa shape index (κ1) is 15.0. The summed E-state index contributed by atoms with van der Waals surface area (Å²) in [6.07, 6.45) is 0. The van der Waals surface area contributed by atoms with Crippen molar-refractivity contribution >= 4 is 21.6 Å². The van der Waals surface area contributed by atoms with Crippen LogP contribution in [0.2, 0.25) is 0 Å². The van der Waals surface area contributed by atoms with E-state index in [2.05, 4.69) is 9.88 Å². The van der Waals surface area contributed by atoms with E-state index < -0.39 is 16.1 Å². The van der Waals surface area contributed by atoms with Crippen molar-refractivity contribution in [3.63, 3.8) is 0 Å². The van der Waals surface area contributed by atoms with E-state index in [0.29, 0.717) is 5.69 Å². The van der Waals surface area contributed by atoms with Crippen LogP contribution >= 0.6 is 11.6 Å². The molecule has 7 heteroatoms. The lowest BCUT2D eigenvalue weighted by Gasteiger charge is -2.16. The van der Waals surface area contributed by atoms with Crippen molar-refractivity contribution in [2.24, 2.45) is 0 Å². The molecule has 0 saturated carbocycles. The van der Waals surface area contributed by atoms with Crippen LogP contribution < -0.4 is 4.72 Å². The fraction of sp³-hybridized carbons (Fsp3) is 0.308. The second-order valence-corrected chi connectivity index (χ2v) is 6.35. The lowest BCUT2D eigenvalue weighted by Crippen LogP contribution is -2.30.